The number of carboxylic acids is 1. The average Bonchev–Trinajstić information content (AvgIpc) is 2.12. The van der Waals surface area contributed by atoms with Crippen molar-refractivity contribution in [3.05, 3.63) is 0 Å². The minimum absolute atomic E-state index is 0.213. The number of aliphatic carboxylic acids is 1. The van der Waals surface area contributed by atoms with Crippen LogP contribution in [0.4, 0.5) is 0 Å². The topological polar surface area (TPSA) is 78.4 Å². The van der Waals surface area contributed by atoms with Crippen molar-refractivity contribution >= 4 is 11.9 Å². The molecule has 15 heavy (non-hydrogen) atoms. The molecular formula is C10H20N2O3. The summed E-state index contributed by atoms with van der Waals surface area (Å²) in [6.45, 7) is 6.29. The van der Waals surface area contributed by atoms with Crippen LogP contribution >= 0.6 is 0 Å². The molecular weight excluding hydrogens is 196 g/mol. The zero-order valence-electron chi connectivity index (χ0n) is 9.54. The van der Waals surface area contributed by atoms with Crippen molar-refractivity contribution < 1.29 is 14.7 Å². The molecule has 0 aliphatic heterocycles. The van der Waals surface area contributed by atoms with Gasteiger partial charge in [-0.2, -0.15) is 0 Å². The summed E-state index contributed by atoms with van der Waals surface area (Å²) in [7, 11) is 0. The van der Waals surface area contributed by atoms with Gasteiger partial charge in [0.05, 0.1) is 0 Å². The molecule has 0 heterocycles. The van der Waals surface area contributed by atoms with E-state index >= 15 is 0 Å². The quantitative estimate of drug-likeness (QED) is 0.537. The summed E-state index contributed by atoms with van der Waals surface area (Å²) in [6, 6.07) is -0.401. The first kappa shape index (κ1) is 13.9. The summed E-state index contributed by atoms with van der Waals surface area (Å²) >= 11 is 0. The molecule has 0 aliphatic carbocycles. The molecule has 0 aromatic carbocycles. The maximum atomic E-state index is 11.2. The lowest BCUT2D eigenvalue weighted by Crippen LogP contribution is -2.38. The van der Waals surface area contributed by atoms with Crippen LogP contribution in [0.15, 0.2) is 0 Å². The lowest BCUT2D eigenvalue weighted by atomic mass is 10.2. The average molecular weight is 216 g/mol. The molecule has 0 bridgehead atoms. The largest absolute Gasteiger partial charge is 0.480 e. The summed E-state index contributed by atoms with van der Waals surface area (Å²) in [4.78, 5) is 21.6. The second-order valence-corrected chi connectivity index (χ2v) is 3.84. The van der Waals surface area contributed by atoms with Crippen LogP contribution in [-0.4, -0.2) is 35.6 Å². The highest BCUT2D eigenvalue weighted by Gasteiger charge is 2.12. The predicted molar refractivity (Wildman–Crippen MR) is 57.6 cm³/mol. The minimum Gasteiger partial charge on any atom is -0.480 e. The molecule has 0 saturated carbocycles. The van der Waals surface area contributed by atoms with E-state index in [-0.39, 0.29) is 5.91 Å². The molecule has 0 aromatic heterocycles. The van der Waals surface area contributed by atoms with Crippen LogP contribution in [0.3, 0.4) is 0 Å². The Labute approximate surface area is 90.2 Å². The highest BCUT2D eigenvalue weighted by molar-refractivity contribution is 5.83. The van der Waals surface area contributed by atoms with E-state index in [1.165, 1.54) is 6.92 Å². The number of rotatable bonds is 7. The molecule has 0 saturated heterocycles. The van der Waals surface area contributed by atoms with Crippen LogP contribution in [-0.2, 0) is 9.59 Å². The monoisotopic (exact) mass is 216 g/mol. The van der Waals surface area contributed by atoms with Gasteiger partial charge in [0.25, 0.3) is 0 Å². The highest BCUT2D eigenvalue weighted by Crippen LogP contribution is 1.90. The summed E-state index contributed by atoms with van der Waals surface area (Å²) in [5, 5.41) is 14.1. The van der Waals surface area contributed by atoms with Crippen molar-refractivity contribution in [1.29, 1.82) is 0 Å². The maximum absolute atomic E-state index is 11.2. The van der Waals surface area contributed by atoms with E-state index in [0.717, 1.165) is 13.0 Å². The Kier molecular flexibility index (Phi) is 6.70. The van der Waals surface area contributed by atoms with Crippen LogP contribution < -0.4 is 10.6 Å². The standard InChI is InChI=1S/C10H20N2O3/c1-7(2)11-6-4-5-9(13)12-8(3)10(14)15/h7-8,11H,4-6H2,1-3H3,(H,12,13)(H,14,15). The van der Waals surface area contributed by atoms with Crippen LogP contribution in [0.5, 0.6) is 0 Å². The molecule has 5 nitrogen and oxygen atoms in total. The van der Waals surface area contributed by atoms with E-state index in [0.29, 0.717) is 12.5 Å². The lowest BCUT2D eigenvalue weighted by molar-refractivity contribution is -0.141. The lowest BCUT2D eigenvalue weighted by Gasteiger charge is -2.10. The van der Waals surface area contributed by atoms with E-state index in [2.05, 4.69) is 10.6 Å². The van der Waals surface area contributed by atoms with Crippen molar-refractivity contribution in [3.8, 4) is 0 Å². The molecule has 0 rings (SSSR count). The molecule has 0 spiro atoms. The number of carbonyl (C=O) groups excluding carboxylic acids is 1. The number of hydrogen-bond acceptors (Lipinski definition) is 3. The van der Waals surface area contributed by atoms with E-state index in [1.54, 1.807) is 0 Å². The Bertz CT molecular complexity index is 217. The first-order valence-corrected chi connectivity index (χ1v) is 5.19. The number of carboxylic acid groups (broad SMARTS) is 1. The van der Waals surface area contributed by atoms with Gasteiger partial charge in [-0.05, 0) is 19.9 Å². The Hall–Kier alpha value is -1.10. The van der Waals surface area contributed by atoms with Crippen LogP contribution in [0, 0.1) is 0 Å². The molecule has 0 aliphatic rings. The van der Waals surface area contributed by atoms with Gasteiger partial charge >= 0.3 is 5.97 Å². The summed E-state index contributed by atoms with van der Waals surface area (Å²) in [5.41, 5.74) is 0. The highest BCUT2D eigenvalue weighted by atomic mass is 16.4. The van der Waals surface area contributed by atoms with Gasteiger partial charge in [0, 0.05) is 12.5 Å². The van der Waals surface area contributed by atoms with Crippen LogP contribution in [0.1, 0.15) is 33.6 Å². The van der Waals surface area contributed by atoms with E-state index < -0.39 is 12.0 Å². The van der Waals surface area contributed by atoms with E-state index in [4.69, 9.17) is 5.11 Å². The van der Waals surface area contributed by atoms with E-state index in [9.17, 15) is 9.59 Å². The van der Waals surface area contributed by atoms with Crippen molar-refractivity contribution in [2.45, 2.75) is 45.7 Å². The number of amides is 1. The fourth-order valence-electron chi connectivity index (χ4n) is 1.02. The normalized spacial score (nSPS) is 12.5. The van der Waals surface area contributed by atoms with Gasteiger partial charge in [-0.1, -0.05) is 13.8 Å². The third-order valence-electron chi connectivity index (χ3n) is 1.88. The minimum atomic E-state index is -1.01. The second-order valence-electron chi connectivity index (χ2n) is 3.84. The Morgan fingerprint density at radius 1 is 1.27 bits per heavy atom. The van der Waals surface area contributed by atoms with Gasteiger partial charge in [-0.3, -0.25) is 9.59 Å². The van der Waals surface area contributed by atoms with Gasteiger partial charge in [0.15, 0.2) is 0 Å². The zero-order chi connectivity index (χ0) is 11.8. The molecule has 0 fully saturated rings. The Morgan fingerprint density at radius 2 is 1.87 bits per heavy atom. The SMILES string of the molecule is CC(C)NCCCC(=O)NC(C)C(=O)O. The molecule has 0 radical (unpaired) electrons. The van der Waals surface area contributed by atoms with Crippen molar-refractivity contribution in [3.63, 3.8) is 0 Å². The second kappa shape index (κ2) is 7.23. The van der Waals surface area contributed by atoms with Crippen LogP contribution in [0.25, 0.3) is 0 Å². The molecule has 1 amide bonds. The summed E-state index contributed by atoms with van der Waals surface area (Å²) < 4.78 is 0. The fraction of sp³-hybridized carbons (Fsp3) is 0.800. The summed E-state index contributed by atoms with van der Waals surface area (Å²) in [5.74, 6) is -1.22. The maximum Gasteiger partial charge on any atom is 0.325 e. The van der Waals surface area contributed by atoms with Gasteiger partial charge in [0.1, 0.15) is 6.04 Å². The fourth-order valence-corrected chi connectivity index (χ4v) is 1.02. The van der Waals surface area contributed by atoms with Crippen molar-refractivity contribution in [2.75, 3.05) is 6.54 Å². The summed E-state index contributed by atoms with van der Waals surface area (Å²) in [6.07, 6.45) is 1.08. The molecule has 5 heteroatoms. The smallest absolute Gasteiger partial charge is 0.325 e. The third-order valence-corrected chi connectivity index (χ3v) is 1.88. The van der Waals surface area contributed by atoms with Crippen LogP contribution in [0.2, 0.25) is 0 Å². The number of carbonyl (C=O) groups is 2. The predicted octanol–water partition coefficient (Wildman–Crippen LogP) is 0.354. The first-order valence-electron chi connectivity index (χ1n) is 5.19. The zero-order valence-corrected chi connectivity index (χ0v) is 9.54. The Morgan fingerprint density at radius 3 is 2.33 bits per heavy atom. The molecule has 0 aromatic rings. The number of hydrogen-bond donors (Lipinski definition) is 3. The molecule has 3 N–H and O–H groups in total. The van der Waals surface area contributed by atoms with Crippen molar-refractivity contribution in [1.82, 2.24) is 10.6 Å². The number of nitrogens with one attached hydrogen (secondary N) is 2. The van der Waals surface area contributed by atoms with Gasteiger partial charge < -0.3 is 15.7 Å². The van der Waals surface area contributed by atoms with Crippen molar-refractivity contribution in [2.24, 2.45) is 0 Å². The molecule has 88 valence electrons. The first-order chi connectivity index (χ1) is 6.93. The van der Waals surface area contributed by atoms with Gasteiger partial charge in [0.2, 0.25) is 5.91 Å². The third kappa shape index (κ3) is 7.93. The Balaban J connectivity index is 3.54. The van der Waals surface area contributed by atoms with Gasteiger partial charge in [-0.25, -0.2) is 0 Å². The van der Waals surface area contributed by atoms with Gasteiger partial charge in [-0.15, -0.1) is 0 Å². The van der Waals surface area contributed by atoms with E-state index in [1.807, 2.05) is 13.8 Å². The molecule has 1 unspecified atom stereocenters. The molecule has 1 atom stereocenters.